The highest BCUT2D eigenvalue weighted by Gasteiger charge is 2.14. The molecular weight excluding hydrogens is 344 g/mol. The number of benzene rings is 2. The van der Waals surface area contributed by atoms with Gasteiger partial charge >= 0.3 is 5.97 Å². The summed E-state index contributed by atoms with van der Waals surface area (Å²) in [5.41, 5.74) is 2.06. The maximum Gasteiger partial charge on any atom is 0.337 e. The second-order valence-corrected chi connectivity index (χ2v) is 5.51. The lowest BCUT2D eigenvalue weighted by Crippen LogP contribution is -1.96. The van der Waals surface area contributed by atoms with Crippen molar-refractivity contribution in [3.05, 3.63) is 51.5 Å². The molecule has 0 unspecified atom stereocenters. The minimum Gasteiger partial charge on any atom is -0.478 e. The summed E-state index contributed by atoms with van der Waals surface area (Å²) in [6.45, 7) is 0. The van der Waals surface area contributed by atoms with Gasteiger partial charge in [-0.2, -0.15) is 0 Å². The average molecular weight is 352 g/mol. The maximum atomic E-state index is 11.2. The van der Waals surface area contributed by atoms with Crippen LogP contribution in [0.3, 0.4) is 0 Å². The van der Waals surface area contributed by atoms with Crippen molar-refractivity contribution in [3.8, 4) is 11.4 Å². The number of aromatic amines is 1. The number of rotatable bonds is 2. The van der Waals surface area contributed by atoms with Crippen LogP contribution in [0.15, 0.2) is 40.9 Å². The number of nitrogens with one attached hydrogen (secondary N) is 1. The van der Waals surface area contributed by atoms with Crippen LogP contribution in [0.4, 0.5) is 0 Å². The molecule has 3 rings (SSSR count). The minimum atomic E-state index is -1.00. The quantitative estimate of drug-likeness (QED) is 0.721. The Hall–Kier alpha value is -1.85. The number of nitrogens with zero attached hydrogens (tertiary/aromatic N) is 1. The van der Waals surface area contributed by atoms with Gasteiger partial charge in [0, 0.05) is 15.1 Å². The number of para-hydroxylation sites is 1. The van der Waals surface area contributed by atoms with Gasteiger partial charge in [0.25, 0.3) is 0 Å². The fourth-order valence-electron chi connectivity index (χ4n) is 2.01. The zero-order chi connectivity index (χ0) is 14.3. The molecule has 6 heteroatoms. The van der Waals surface area contributed by atoms with E-state index in [0.717, 1.165) is 10.0 Å². The number of hydrogen-bond donors (Lipinski definition) is 2. The van der Waals surface area contributed by atoms with Gasteiger partial charge in [0.2, 0.25) is 0 Å². The van der Waals surface area contributed by atoms with Crippen LogP contribution >= 0.6 is 27.5 Å². The highest BCUT2D eigenvalue weighted by atomic mass is 79.9. The van der Waals surface area contributed by atoms with Gasteiger partial charge in [-0.25, -0.2) is 9.78 Å². The van der Waals surface area contributed by atoms with Crippen LogP contribution in [0.1, 0.15) is 10.4 Å². The minimum absolute atomic E-state index is 0.170. The smallest absolute Gasteiger partial charge is 0.337 e. The highest BCUT2D eigenvalue weighted by molar-refractivity contribution is 9.10. The van der Waals surface area contributed by atoms with Crippen molar-refractivity contribution >= 4 is 44.5 Å². The summed E-state index contributed by atoms with van der Waals surface area (Å²) in [7, 11) is 0. The second-order valence-electron chi connectivity index (χ2n) is 4.22. The summed E-state index contributed by atoms with van der Waals surface area (Å²) in [5, 5.41) is 9.76. The van der Waals surface area contributed by atoms with Crippen molar-refractivity contribution in [2.45, 2.75) is 0 Å². The monoisotopic (exact) mass is 350 g/mol. The van der Waals surface area contributed by atoms with Crippen molar-refractivity contribution in [2.75, 3.05) is 0 Å². The van der Waals surface area contributed by atoms with Crippen molar-refractivity contribution in [3.63, 3.8) is 0 Å². The number of carboxylic acids is 1. The van der Waals surface area contributed by atoms with Gasteiger partial charge in [-0.05, 0) is 30.3 Å². The van der Waals surface area contributed by atoms with Crippen molar-refractivity contribution in [1.29, 1.82) is 0 Å². The lowest BCUT2D eigenvalue weighted by atomic mass is 10.2. The Balaban J connectivity index is 2.26. The molecule has 0 aliphatic rings. The first kappa shape index (κ1) is 13.1. The molecule has 0 saturated carbocycles. The Morgan fingerprint density at radius 1 is 1.30 bits per heavy atom. The summed E-state index contributed by atoms with van der Waals surface area (Å²) in [4.78, 5) is 18.7. The van der Waals surface area contributed by atoms with Gasteiger partial charge in [-0.15, -0.1) is 0 Å². The molecule has 3 aromatic rings. The SMILES string of the molecule is O=C(O)c1cccc2[nH]c(-c3cc(Cl)ccc3Br)nc12. The highest BCUT2D eigenvalue weighted by Crippen LogP contribution is 2.31. The molecule has 20 heavy (non-hydrogen) atoms. The van der Waals surface area contributed by atoms with Crippen molar-refractivity contribution < 1.29 is 9.90 Å². The second kappa shape index (κ2) is 4.92. The molecule has 0 radical (unpaired) electrons. The number of halogens is 2. The van der Waals surface area contributed by atoms with E-state index in [1.54, 1.807) is 24.3 Å². The third kappa shape index (κ3) is 2.19. The number of imidazole rings is 1. The standard InChI is InChI=1S/C14H8BrClN2O2/c15-10-5-4-7(16)6-9(10)13-17-11-3-1-2-8(14(19)20)12(11)18-13/h1-6H,(H,17,18)(H,19,20). The predicted molar refractivity (Wildman–Crippen MR) is 81.2 cm³/mol. The number of carbonyl (C=O) groups is 1. The topological polar surface area (TPSA) is 66.0 Å². The van der Waals surface area contributed by atoms with Gasteiger partial charge in [0.05, 0.1) is 11.1 Å². The molecule has 4 nitrogen and oxygen atoms in total. The summed E-state index contributed by atoms with van der Waals surface area (Å²) >= 11 is 9.43. The summed E-state index contributed by atoms with van der Waals surface area (Å²) in [6, 6.07) is 10.4. The normalized spacial score (nSPS) is 10.9. The number of fused-ring (bicyclic) bond motifs is 1. The Morgan fingerprint density at radius 3 is 2.85 bits per heavy atom. The van der Waals surface area contributed by atoms with Crippen LogP contribution < -0.4 is 0 Å². The first-order valence-corrected chi connectivity index (χ1v) is 6.91. The van der Waals surface area contributed by atoms with E-state index in [2.05, 4.69) is 25.9 Å². The van der Waals surface area contributed by atoms with Gasteiger partial charge in [0.15, 0.2) is 0 Å². The average Bonchev–Trinajstić information content (AvgIpc) is 2.84. The summed E-state index contributed by atoms with van der Waals surface area (Å²) < 4.78 is 0.831. The van der Waals surface area contributed by atoms with Crippen LogP contribution in [-0.2, 0) is 0 Å². The van der Waals surface area contributed by atoms with E-state index in [0.29, 0.717) is 21.9 Å². The van der Waals surface area contributed by atoms with Gasteiger partial charge in [0.1, 0.15) is 11.3 Å². The van der Waals surface area contributed by atoms with Crippen molar-refractivity contribution in [2.24, 2.45) is 0 Å². The molecule has 100 valence electrons. The third-order valence-electron chi connectivity index (χ3n) is 2.93. The van der Waals surface area contributed by atoms with Gasteiger partial charge < -0.3 is 10.1 Å². The molecule has 0 aliphatic heterocycles. The van der Waals surface area contributed by atoms with E-state index in [-0.39, 0.29) is 5.56 Å². The van der Waals surface area contributed by atoms with E-state index in [9.17, 15) is 9.90 Å². The molecule has 0 atom stereocenters. The van der Waals surface area contributed by atoms with E-state index < -0.39 is 5.97 Å². The molecule has 0 aliphatic carbocycles. The molecule has 2 aromatic carbocycles. The first-order chi connectivity index (χ1) is 9.56. The fraction of sp³-hybridized carbons (Fsp3) is 0. The molecule has 0 spiro atoms. The molecule has 1 heterocycles. The zero-order valence-corrected chi connectivity index (χ0v) is 12.4. The largest absolute Gasteiger partial charge is 0.478 e. The Kier molecular flexibility index (Phi) is 3.23. The maximum absolute atomic E-state index is 11.2. The van der Waals surface area contributed by atoms with Crippen LogP contribution in [0.25, 0.3) is 22.4 Å². The van der Waals surface area contributed by atoms with Crippen LogP contribution in [0.5, 0.6) is 0 Å². The molecule has 1 aromatic heterocycles. The fourth-order valence-corrected chi connectivity index (χ4v) is 2.62. The van der Waals surface area contributed by atoms with Crippen LogP contribution in [0.2, 0.25) is 5.02 Å². The molecule has 0 bridgehead atoms. The van der Waals surface area contributed by atoms with Gasteiger partial charge in [-0.3, -0.25) is 0 Å². The van der Waals surface area contributed by atoms with E-state index in [1.807, 2.05) is 6.07 Å². The third-order valence-corrected chi connectivity index (χ3v) is 3.85. The number of carboxylic acid groups (broad SMARTS) is 1. The molecule has 0 fully saturated rings. The summed E-state index contributed by atoms with van der Waals surface area (Å²) in [5.74, 6) is -0.429. The Bertz CT molecular complexity index is 829. The van der Waals surface area contributed by atoms with Gasteiger partial charge in [-0.1, -0.05) is 33.6 Å². The Labute approximate surface area is 127 Å². The molecule has 0 saturated heterocycles. The number of aromatic nitrogens is 2. The first-order valence-electron chi connectivity index (χ1n) is 5.73. The lowest BCUT2D eigenvalue weighted by Gasteiger charge is -2.00. The number of H-pyrrole nitrogens is 1. The predicted octanol–water partition coefficient (Wildman–Crippen LogP) is 4.34. The summed E-state index contributed by atoms with van der Waals surface area (Å²) in [6.07, 6.45) is 0. The lowest BCUT2D eigenvalue weighted by molar-refractivity contribution is 0.0699. The van der Waals surface area contributed by atoms with Crippen LogP contribution in [-0.4, -0.2) is 21.0 Å². The van der Waals surface area contributed by atoms with Crippen molar-refractivity contribution in [1.82, 2.24) is 9.97 Å². The number of aromatic carboxylic acids is 1. The van der Waals surface area contributed by atoms with Crippen LogP contribution in [0, 0.1) is 0 Å². The molecular formula is C14H8BrClN2O2. The van der Waals surface area contributed by atoms with E-state index in [1.165, 1.54) is 6.07 Å². The zero-order valence-electron chi connectivity index (χ0n) is 10.0. The molecule has 2 N–H and O–H groups in total. The van der Waals surface area contributed by atoms with E-state index >= 15 is 0 Å². The number of hydrogen-bond acceptors (Lipinski definition) is 2. The molecule has 0 amide bonds. The van der Waals surface area contributed by atoms with E-state index in [4.69, 9.17) is 11.6 Å². The Morgan fingerprint density at radius 2 is 2.10 bits per heavy atom.